The molecule has 6 nitrogen and oxygen atoms in total. The van der Waals surface area contributed by atoms with Crippen LogP contribution < -0.4 is 10.6 Å². The Kier molecular flexibility index (Phi) is 8.79. The normalized spacial score (nSPS) is 17.4. The number of ether oxygens (including phenoxy) is 1. The van der Waals surface area contributed by atoms with Crippen LogP contribution in [0.25, 0.3) is 0 Å². The highest BCUT2D eigenvalue weighted by Crippen LogP contribution is 2.40. The second-order valence-electron chi connectivity index (χ2n) is 7.76. The minimum Gasteiger partial charge on any atom is -0.463 e. The molecule has 1 aliphatic heterocycles. The first kappa shape index (κ1) is 24.4. The van der Waals surface area contributed by atoms with Crippen LogP contribution in [0.15, 0.2) is 42.5 Å². The lowest BCUT2D eigenvalue weighted by molar-refractivity contribution is -0.145. The fourth-order valence-corrected chi connectivity index (χ4v) is 4.51. The minimum atomic E-state index is -0.615. The first-order valence-electron chi connectivity index (χ1n) is 10.9. The van der Waals surface area contributed by atoms with E-state index in [-0.39, 0.29) is 18.3 Å². The summed E-state index contributed by atoms with van der Waals surface area (Å²) in [6.07, 6.45) is 0.573. The number of fused-ring (bicyclic) bond motifs is 1. The zero-order chi connectivity index (χ0) is 23.1. The number of carbonyl (C=O) groups excluding carboxylic acids is 2. The maximum atomic E-state index is 12.8. The molecule has 1 amide bonds. The predicted octanol–water partition coefficient (Wildman–Crippen LogP) is 4.46. The predicted molar refractivity (Wildman–Crippen MR) is 128 cm³/mol. The molecule has 1 heterocycles. The Balaban J connectivity index is 1.72. The zero-order valence-electron chi connectivity index (χ0n) is 18.4. The van der Waals surface area contributed by atoms with E-state index in [1.165, 1.54) is 0 Å². The SMILES string of the molecule is CCN(CC)CCOC(=O)[C@@H]1C[C@@H](NC(=O)Cc2ccccc2)c2c(Cl)cc(Cl)cc2N1. The lowest BCUT2D eigenvalue weighted by atomic mass is 9.92. The number of hydrogen-bond donors (Lipinski definition) is 2. The molecule has 2 N–H and O–H groups in total. The molecule has 0 radical (unpaired) electrons. The molecule has 0 fully saturated rings. The fourth-order valence-electron chi connectivity index (χ4n) is 3.89. The zero-order valence-corrected chi connectivity index (χ0v) is 19.9. The molecule has 32 heavy (non-hydrogen) atoms. The number of esters is 1. The molecule has 0 aromatic heterocycles. The van der Waals surface area contributed by atoms with Crippen molar-refractivity contribution in [2.75, 3.05) is 31.6 Å². The van der Waals surface area contributed by atoms with E-state index in [4.69, 9.17) is 27.9 Å². The van der Waals surface area contributed by atoms with Gasteiger partial charge in [-0.15, -0.1) is 0 Å². The molecule has 2 aromatic carbocycles. The van der Waals surface area contributed by atoms with Gasteiger partial charge in [0.25, 0.3) is 0 Å². The van der Waals surface area contributed by atoms with Crippen LogP contribution in [0.3, 0.4) is 0 Å². The Morgan fingerprint density at radius 2 is 1.88 bits per heavy atom. The first-order valence-corrected chi connectivity index (χ1v) is 11.6. The van der Waals surface area contributed by atoms with Crippen molar-refractivity contribution < 1.29 is 14.3 Å². The van der Waals surface area contributed by atoms with Gasteiger partial charge in [-0.1, -0.05) is 67.4 Å². The molecular weight excluding hydrogens is 449 g/mol. The van der Waals surface area contributed by atoms with Gasteiger partial charge in [-0.2, -0.15) is 0 Å². The monoisotopic (exact) mass is 477 g/mol. The van der Waals surface area contributed by atoms with Crippen molar-refractivity contribution in [2.45, 2.75) is 38.8 Å². The van der Waals surface area contributed by atoms with Crippen LogP contribution in [-0.4, -0.2) is 49.1 Å². The van der Waals surface area contributed by atoms with Crippen molar-refractivity contribution in [3.05, 3.63) is 63.6 Å². The summed E-state index contributed by atoms with van der Waals surface area (Å²) in [7, 11) is 0. The second-order valence-corrected chi connectivity index (χ2v) is 8.60. The smallest absolute Gasteiger partial charge is 0.328 e. The van der Waals surface area contributed by atoms with Crippen LogP contribution in [0.1, 0.15) is 37.4 Å². The number of halogens is 2. The van der Waals surface area contributed by atoms with Crippen molar-refractivity contribution in [1.82, 2.24) is 10.2 Å². The fraction of sp³-hybridized carbons (Fsp3) is 0.417. The van der Waals surface area contributed by atoms with Crippen molar-refractivity contribution in [3.8, 4) is 0 Å². The Hall–Kier alpha value is -2.28. The lowest BCUT2D eigenvalue weighted by Gasteiger charge is -2.33. The molecule has 2 aromatic rings. The van der Waals surface area contributed by atoms with E-state index in [1.54, 1.807) is 12.1 Å². The van der Waals surface area contributed by atoms with E-state index < -0.39 is 12.1 Å². The van der Waals surface area contributed by atoms with Crippen LogP contribution in [0, 0.1) is 0 Å². The molecule has 172 valence electrons. The van der Waals surface area contributed by atoms with Gasteiger partial charge in [0.1, 0.15) is 12.6 Å². The minimum absolute atomic E-state index is 0.145. The van der Waals surface area contributed by atoms with Gasteiger partial charge in [-0.3, -0.25) is 4.79 Å². The van der Waals surface area contributed by atoms with Crippen molar-refractivity contribution >= 4 is 40.8 Å². The van der Waals surface area contributed by atoms with Crippen LogP contribution in [0.2, 0.25) is 10.0 Å². The summed E-state index contributed by atoms with van der Waals surface area (Å²) < 4.78 is 5.52. The van der Waals surface area contributed by atoms with Crippen LogP contribution in [0.5, 0.6) is 0 Å². The number of nitrogens with zero attached hydrogens (tertiary/aromatic N) is 1. The Bertz CT molecular complexity index is 936. The number of nitrogens with one attached hydrogen (secondary N) is 2. The van der Waals surface area contributed by atoms with Crippen LogP contribution >= 0.6 is 23.2 Å². The average molecular weight is 478 g/mol. The number of carbonyl (C=O) groups is 2. The summed E-state index contributed by atoms with van der Waals surface area (Å²) in [4.78, 5) is 27.7. The highest BCUT2D eigenvalue weighted by molar-refractivity contribution is 6.35. The lowest BCUT2D eigenvalue weighted by Crippen LogP contribution is -2.42. The number of amides is 1. The maximum Gasteiger partial charge on any atom is 0.328 e. The topological polar surface area (TPSA) is 70.7 Å². The van der Waals surface area contributed by atoms with E-state index in [0.29, 0.717) is 35.3 Å². The Morgan fingerprint density at radius 1 is 1.16 bits per heavy atom. The summed E-state index contributed by atoms with van der Waals surface area (Å²) in [6.45, 7) is 6.93. The Labute approximate surface area is 199 Å². The summed E-state index contributed by atoms with van der Waals surface area (Å²) in [5.74, 6) is -0.505. The van der Waals surface area contributed by atoms with E-state index in [1.807, 2.05) is 30.3 Å². The van der Waals surface area contributed by atoms with E-state index in [0.717, 1.165) is 24.2 Å². The molecule has 0 unspecified atom stereocenters. The third kappa shape index (κ3) is 6.37. The number of rotatable bonds is 9. The van der Waals surface area contributed by atoms with Gasteiger partial charge < -0.3 is 20.3 Å². The summed E-state index contributed by atoms with van der Waals surface area (Å²) in [6, 6.07) is 11.8. The van der Waals surface area contributed by atoms with Gasteiger partial charge in [0.05, 0.1) is 12.5 Å². The molecule has 0 bridgehead atoms. The summed E-state index contributed by atoms with van der Waals surface area (Å²) in [5.41, 5.74) is 2.27. The van der Waals surface area contributed by atoms with Crippen molar-refractivity contribution in [2.24, 2.45) is 0 Å². The highest BCUT2D eigenvalue weighted by Gasteiger charge is 2.34. The number of likely N-dealkylation sites (N-methyl/N-ethyl adjacent to an activating group) is 1. The maximum absolute atomic E-state index is 12.8. The first-order chi connectivity index (χ1) is 15.4. The standard InChI is InChI=1S/C24H29Cl2N3O3/c1-3-29(4-2)10-11-32-24(31)21-15-20(23-18(26)13-17(25)14-19(23)27-21)28-22(30)12-16-8-6-5-7-9-16/h5-9,13-14,20-21,27H,3-4,10-12,15H2,1-2H3,(H,28,30)/t20-,21+/m1/s1. The van der Waals surface area contributed by atoms with Crippen LogP contribution in [0.4, 0.5) is 5.69 Å². The second kappa shape index (κ2) is 11.5. The molecule has 2 atom stereocenters. The average Bonchev–Trinajstić information content (AvgIpc) is 2.76. The van der Waals surface area contributed by atoms with Gasteiger partial charge in [0, 0.05) is 34.3 Å². The highest BCUT2D eigenvalue weighted by atomic mass is 35.5. The molecule has 0 saturated carbocycles. The number of hydrogen-bond acceptors (Lipinski definition) is 5. The molecule has 0 spiro atoms. The van der Waals surface area contributed by atoms with E-state index in [9.17, 15) is 9.59 Å². The van der Waals surface area contributed by atoms with E-state index in [2.05, 4.69) is 29.4 Å². The number of benzene rings is 2. The van der Waals surface area contributed by atoms with Crippen LogP contribution in [-0.2, 0) is 20.7 Å². The van der Waals surface area contributed by atoms with Gasteiger partial charge in [0.2, 0.25) is 5.91 Å². The summed E-state index contributed by atoms with van der Waals surface area (Å²) in [5, 5.41) is 7.12. The van der Waals surface area contributed by atoms with Gasteiger partial charge in [-0.25, -0.2) is 4.79 Å². The van der Waals surface area contributed by atoms with E-state index >= 15 is 0 Å². The summed E-state index contributed by atoms with van der Waals surface area (Å²) >= 11 is 12.7. The molecular formula is C24H29Cl2N3O3. The van der Waals surface area contributed by atoms with Crippen molar-refractivity contribution in [1.29, 1.82) is 0 Å². The Morgan fingerprint density at radius 3 is 2.56 bits per heavy atom. The van der Waals surface area contributed by atoms with Gasteiger partial charge >= 0.3 is 5.97 Å². The van der Waals surface area contributed by atoms with Crippen molar-refractivity contribution in [3.63, 3.8) is 0 Å². The molecule has 3 rings (SSSR count). The quantitative estimate of drug-likeness (QED) is 0.521. The van der Waals surface area contributed by atoms with Gasteiger partial charge in [-0.05, 0) is 30.8 Å². The van der Waals surface area contributed by atoms with Gasteiger partial charge in [0.15, 0.2) is 0 Å². The third-order valence-corrected chi connectivity index (χ3v) is 6.15. The molecule has 8 heteroatoms. The third-order valence-electron chi connectivity index (χ3n) is 5.62. The largest absolute Gasteiger partial charge is 0.463 e. The molecule has 1 aliphatic rings. The number of anilines is 1. The molecule has 0 saturated heterocycles. The molecule has 0 aliphatic carbocycles.